The first-order valence-corrected chi connectivity index (χ1v) is 7.30. The van der Waals surface area contributed by atoms with Crippen molar-refractivity contribution in [1.29, 1.82) is 0 Å². The number of hydrogen-bond donors (Lipinski definition) is 1. The second-order valence-corrected chi connectivity index (χ2v) is 6.43. The average Bonchev–Trinajstić information content (AvgIpc) is 2.36. The summed E-state index contributed by atoms with van der Waals surface area (Å²) in [6.45, 7) is 5.65. The van der Waals surface area contributed by atoms with E-state index in [1.807, 2.05) is 12.1 Å². The van der Waals surface area contributed by atoms with Crippen LogP contribution < -0.4 is 5.32 Å². The zero-order valence-corrected chi connectivity index (χ0v) is 12.5. The number of hydrogen-bond acceptors (Lipinski definition) is 3. The van der Waals surface area contributed by atoms with Gasteiger partial charge in [-0.2, -0.15) is 0 Å². The Morgan fingerprint density at radius 2 is 1.89 bits per heavy atom. The monoisotopic (exact) mass is 282 g/mol. The zero-order valence-electron chi connectivity index (χ0n) is 11.7. The zero-order chi connectivity index (χ0) is 14.6. The summed E-state index contributed by atoms with van der Waals surface area (Å²) >= 11 is -2.53. The normalized spacial score (nSPS) is 15.9. The Bertz CT molecular complexity index is 470. The maximum Gasteiger partial charge on any atom is 0.241 e. The van der Waals surface area contributed by atoms with Gasteiger partial charge in [0.05, 0.1) is 0 Å². The molecule has 0 aromatic heterocycles. The molecule has 4 nitrogen and oxygen atoms in total. The van der Waals surface area contributed by atoms with Gasteiger partial charge in [0.15, 0.2) is 0 Å². The standard InChI is InChI=1S/C14H21NO3S/c1-10(2)9-11-5-7-12(8-6-11)14(3,19(17)18)13(16)15-4/h5-8,10H,9H2,1-4H3,(H,15,16)(H,17,18)/p-1/t14-/m1/s1. The van der Waals surface area contributed by atoms with Crippen molar-refractivity contribution in [3.8, 4) is 0 Å². The number of nitrogens with one attached hydrogen (secondary N) is 1. The van der Waals surface area contributed by atoms with Gasteiger partial charge in [0, 0.05) is 7.05 Å². The molecule has 1 aromatic rings. The van der Waals surface area contributed by atoms with Crippen molar-refractivity contribution in [2.75, 3.05) is 7.05 Å². The smallest absolute Gasteiger partial charge is 0.241 e. The highest BCUT2D eigenvalue weighted by Crippen LogP contribution is 2.27. The Kier molecular flexibility index (Phi) is 5.26. The largest absolute Gasteiger partial charge is 0.771 e. The van der Waals surface area contributed by atoms with Crippen LogP contribution in [-0.2, 0) is 27.0 Å². The molecule has 1 aromatic carbocycles. The van der Waals surface area contributed by atoms with E-state index >= 15 is 0 Å². The van der Waals surface area contributed by atoms with Crippen molar-refractivity contribution in [3.63, 3.8) is 0 Å². The lowest BCUT2D eigenvalue weighted by Gasteiger charge is -2.30. The van der Waals surface area contributed by atoms with E-state index in [0.29, 0.717) is 11.5 Å². The lowest BCUT2D eigenvalue weighted by molar-refractivity contribution is -0.123. The van der Waals surface area contributed by atoms with Crippen LogP contribution in [0.1, 0.15) is 31.9 Å². The second kappa shape index (κ2) is 6.30. The van der Waals surface area contributed by atoms with E-state index < -0.39 is 21.7 Å². The summed E-state index contributed by atoms with van der Waals surface area (Å²) < 4.78 is 21.3. The second-order valence-electron chi connectivity index (χ2n) is 5.14. The van der Waals surface area contributed by atoms with Gasteiger partial charge in [0.1, 0.15) is 4.75 Å². The highest BCUT2D eigenvalue weighted by molar-refractivity contribution is 7.81. The van der Waals surface area contributed by atoms with Crippen LogP contribution in [0, 0.1) is 5.92 Å². The van der Waals surface area contributed by atoms with E-state index in [4.69, 9.17) is 0 Å². The van der Waals surface area contributed by atoms with Gasteiger partial charge in [-0.3, -0.25) is 9.00 Å². The van der Waals surface area contributed by atoms with Crippen molar-refractivity contribution < 1.29 is 13.6 Å². The van der Waals surface area contributed by atoms with Crippen molar-refractivity contribution in [3.05, 3.63) is 35.4 Å². The predicted octanol–water partition coefficient (Wildman–Crippen LogP) is 1.73. The summed E-state index contributed by atoms with van der Waals surface area (Å²) in [5, 5.41) is 2.40. The minimum Gasteiger partial charge on any atom is -0.771 e. The van der Waals surface area contributed by atoms with Gasteiger partial charge in [-0.1, -0.05) is 38.1 Å². The molecule has 5 heteroatoms. The summed E-state index contributed by atoms with van der Waals surface area (Å²) in [7, 11) is 1.43. The Morgan fingerprint density at radius 1 is 1.37 bits per heavy atom. The highest BCUT2D eigenvalue weighted by atomic mass is 32.2. The molecular formula is C14H20NO3S-. The van der Waals surface area contributed by atoms with Crippen LogP contribution in [0.15, 0.2) is 24.3 Å². The summed E-state index contributed by atoms with van der Waals surface area (Å²) in [5.74, 6) is 0.00209. The number of amides is 1. The summed E-state index contributed by atoms with van der Waals surface area (Å²) in [4.78, 5) is 11.8. The van der Waals surface area contributed by atoms with Gasteiger partial charge in [-0.05, 0) is 41.5 Å². The summed E-state index contributed by atoms with van der Waals surface area (Å²) in [6, 6.07) is 7.18. The average molecular weight is 282 g/mol. The maximum atomic E-state index is 11.8. The molecule has 1 unspecified atom stereocenters. The molecule has 106 valence electrons. The minimum atomic E-state index is -2.53. The first-order chi connectivity index (χ1) is 8.82. The molecule has 0 saturated carbocycles. The Morgan fingerprint density at radius 3 is 2.26 bits per heavy atom. The molecule has 1 N–H and O–H groups in total. The van der Waals surface area contributed by atoms with Crippen molar-refractivity contribution >= 4 is 17.0 Å². The van der Waals surface area contributed by atoms with E-state index in [1.54, 1.807) is 12.1 Å². The van der Waals surface area contributed by atoms with E-state index in [2.05, 4.69) is 19.2 Å². The summed E-state index contributed by atoms with van der Waals surface area (Å²) in [6.07, 6.45) is 0.928. The van der Waals surface area contributed by atoms with Crippen molar-refractivity contribution in [2.24, 2.45) is 5.92 Å². The Labute approximate surface area is 116 Å². The highest BCUT2D eigenvalue weighted by Gasteiger charge is 2.36. The SMILES string of the molecule is CNC(=O)[C@@](C)(c1ccc(CC(C)C)cc1)S(=O)[O-]. The van der Waals surface area contributed by atoms with Crippen LogP contribution in [0.2, 0.25) is 0 Å². The van der Waals surface area contributed by atoms with E-state index in [-0.39, 0.29) is 0 Å². The molecule has 0 spiro atoms. The molecule has 0 aliphatic heterocycles. The number of rotatable bonds is 5. The fraction of sp³-hybridized carbons (Fsp3) is 0.500. The first-order valence-electron chi connectivity index (χ1n) is 6.23. The lowest BCUT2D eigenvalue weighted by Crippen LogP contribution is -2.43. The number of carbonyl (C=O) groups is 1. The van der Waals surface area contributed by atoms with Gasteiger partial charge in [-0.25, -0.2) is 0 Å². The van der Waals surface area contributed by atoms with Gasteiger partial charge in [-0.15, -0.1) is 0 Å². The van der Waals surface area contributed by atoms with Gasteiger partial charge in [0.25, 0.3) is 0 Å². The third-order valence-corrected chi connectivity index (χ3v) is 4.23. The minimum absolute atomic E-state index is 0.479. The van der Waals surface area contributed by atoms with Crippen LogP contribution in [0.4, 0.5) is 0 Å². The lowest BCUT2D eigenvalue weighted by atomic mass is 9.95. The maximum absolute atomic E-state index is 11.8. The number of benzene rings is 1. The molecule has 0 heterocycles. The van der Waals surface area contributed by atoms with Crippen LogP contribution in [-0.4, -0.2) is 21.7 Å². The van der Waals surface area contributed by atoms with E-state index in [0.717, 1.165) is 12.0 Å². The van der Waals surface area contributed by atoms with Gasteiger partial charge >= 0.3 is 0 Å². The molecule has 2 atom stereocenters. The molecule has 0 radical (unpaired) electrons. The molecule has 0 fully saturated rings. The third kappa shape index (κ3) is 3.42. The molecule has 19 heavy (non-hydrogen) atoms. The molecule has 0 saturated heterocycles. The Balaban J connectivity index is 3.12. The molecular weight excluding hydrogens is 262 g/mol. The summed E-state index contributed by atoms with van der Waals surface area (Å²) in [5.41, 5.74) is 1.61. The van der Waals surface area contributed by atoms with Gasteiger partial charge in [0.2, 0.25) is 5.91 Å². The predicted molar refractivity (Wildman–Crippen MR) is 75.3 cm³/mol. The molecule has 0 bridgehead atoms. The van der Waals surface area contributed by atoms with Crippen molar-refractivity contribution in [2.45, 2.75) is 31.9 Å². The topological polar surface area (TPSA) is 69.2 Å². The fourth-order valence-electron chi connectivity index (χ4n) is 1.97. The quantitative estimate of drug-likeness (QED) is 0.836. The van der Waals surface area contributed by atoms with Crippen LogP contribution in [0.25, 0.3) is 0 Å². The number of carbonyl (C=O) groups excluding carboxylic acids is 1. The fourth-order valence-corrected chi connectivity index (χ4v) is 2.55. The molecule has 1 rings (SSSR count). The Hall–Kier alpha value is -1.20. The van der Waals surface area contributed by atoms with E-state index in [9.17, 15) is 13.6 Å². The first kappa shape index (κ1) is 15.9. The van der Waals surface area contributed by atoms with Crippen LogP contribution >= 0.6 is 0 Å². The van der Waals surface area contributed by atoms with Gasteiger partial charge < -0.3 is 9.87 Å². The molecule has 0 aliphatic rings. The van der Waals surface area contributed by atoms with Crippen molar-refractivity contribution in [1.82, 2.24) is 5.32 Å². The third-order valence-electron chi connectivity index (χ3n) is 3.14. The number of likely N-dealkylation sites (N-methyl/N-ethyl adjacent to an activating group) is 1. The molecule has 0 aliphatic carbocycles. The van der Waals surface area contributed by atoms with E-state index in [1.165, 1.54) is 14.0 Å². The van der Waals surface area contributed by atoms with Crippen LogP contribution in [0.3, 0.4) is 0 Å². The van der Waals surface area contributed by atoms with Crippen LogP contribution in [0.5, 0.6) is 0 Å². The molecule has 1 amide bonds.